The molecular weight excluding hydrogens is 228 g/mol. The Morgan fingerprint density at radius 2 is 2.38 bits per heavy atom. The van der Waals surface area contributed by atoms with Gasteiger partial charge in [-0.2, -0.15) is 0 Å². The summed E-state index contributed by atoms with van der Waals surface area (Å²) in [7, 11) is 0. The molecule has 0 spiro atoms. The molecule has 3 atom stereocenters. The molecule has 1 amide bonds. The minimum Gasteiger partial charge on any atom is -0.479 e. The lowest BCUT2D eigenvalue weighted by Gasteiger charge is -2.49. The first-order valence-electron chi connectivity index (χ1n) is 4.86. The van der Waals surface area contributed by atoms with Gasteiger partial charge < -0.3 is 15.7 Å². The lowest BCUT2D eigenvalue weighted by atomic mass is 9.98. The molecule has 5 nitrogen and oxygen atoms in total. The topological polar surface area (TPSA) is 83.6 Å². The lowest BCUT2D eigenvalue weighted by Crippen LogP contribution is -2.72. The molecule has 2 aliphatic heterocycles. The molecule has 86 valence electrons. The van der Waals surface area contributed by atoms with Crippen molar-refractivity contribution in [1.82, 2.24) is 4.90 Å². The van der Waals surface area contributed by atoms with Crippen LogP contribution in [0.25, 0.3) is 0 Å². The number of rotatable bonds is 2. The number of carbonyl (C=O) groups is 2. The number of thioether (sulfide) groups is 1. The molecule has 0 radical (unpaired) electrons. The number of carboxylic acid groups (broad SMARTS) is 1. The average molecular weight is 240 g/mol. The van der Waals surface area contributed by atoms with Gasteiger partial charge in [-0.25, -0.2) is 4.79 Å². The quantitative estimate of drug-likeness (QED) is 0.671. The number of nitrogens with zero attached hydrogens (tertiary/aromatic N) is 1. The van der Waals surface area contributed by atoms with E-state index in [1.165, 1.54) is 16.7 Å². The molecule has 1 saturated heterocycles. The number of nitrogens with two attached hydrogens (primary N) is 1. The van der Waals surface area contributed by atoms with E-state index in [2.05, 4.69) is 0 Å². The Kier molecular flexibility index (Phi) is 2.77. The first kappa shape index (κ1) is 11.2. The Morgan fingerprint density at radius 3 is 2.94 bits per heavy atom. The van der Waals surface area contributed by atoms with E-state index in [1.807, 2.05) is 0 Å². The van der Waals surface area contributed by atoms with E-state index in [0.29, 0.717) is 5.57 Å². The van der Waals surface area contributed by atoms with Gasteiger partial charge in [-0.05, 0) is 17.9 Å². The monoisotopic (exact) mass is 240 g/mol. The van der Waals surface area contributed by atoms with Crippen molar-refractivity contribution in [2.75, 3.05) is 0 Å². The van der Waals surface area contributed by atoms with Gasteiger partial charge >= 0.3 is 5.97 Å². The maximum Gasteiger partial charge on any atom is 0.331 e. The molecule has 3 N–H and O–H groups in total. The highest BCUT2D eigenvalue weighted by molar-refractivity contribution is 8.03. The van der Waals surface area contributed by atoms with E-state index in [1.54, 1.807) is 24.5 Å². The SMILES string of the molecule is C/C=C\C1=CS[C@@H]2[C@H](N)C(=O)N2C1C(=O)O. The van der Waals surface area contributed by atoms with Crippen molar-refractivity contribution in [3.8, 4) is 0 Å². The standard InChI is InChI=1S/C10H12N2O3S/c1-2-3-5-4-16-9-6(11)8(13)12(9)7(5)10(14)15/h2-4,6-7,9H,11H2,1H3,(H,14,15)/b3-2-/t6-,7?,9-/m1/s1. The summed E-state index contributed by atoms with van der Waals surface area (Å²) in [6, 6.07) is -1.47. The number of allylic oxidation sites excluding steroid dienone is 1. The van der Waals surface area contributed by atoms with Gasteiger partial charge in [0.25, 0.3) is 0 Å². The molecule has 0 aromatic carbocycles. The van der Waals surface area contributed by atoms with Gasteiger partial charge in [0.2, 0.25) is 5.91 Å². The maximum absolute atomic E-state index is 11.5. The molecule has 0 aliphatic carbocycles. The third kappa shape index (κ3) is 1.45. The number of carbonyl (C=O) groups excluding carboxylic acids is 1. The zero-order valence-corrected chi connectivity index (χ0v) is 9.48. The van der Waals surface area contributed by atoms with Crippen molar-refractivity contribution in [3.05, 3.63) is 23.1 Å². The summed E-state index contributed by atoms with van der Waals surface area (Å²) in [6.45, 7) is 1.81. The normalized spacial score (nSPS) is 33.4. The van der Waals surface area contributed by atoms with Crippen LogP contribution in [-0.2, 0) is 9.59 Å². The number of hydrogen-bond acceptors (Lipinski definition) is 4. The fourth-order valence-corrected chi connectivity index (χ4v) is 3.04. The Morgan fingerprint density at radius 1 is 1.69 bits per heavy atom. The van der Waals surface area contributed by atoms with Gasteiger partial charge in [-0.1, -0.05) is 12.2 Å². The Balaban J connectivity index is 2.34. The molecule has 1 fully saturated rings. The molecule has 2 rings (SSSR count). The predicted molar refractivity (Wildman–Crippen MR) is 60.5 cm³/mol. The van der Waals surface area contributed by atoms with E-state index in [4.69, 9.17) is 10.8 Å². The third-order valence-corrected chi connectivity index (χ3v) is 3.86. The number of β-lactam (4-membered cyclic amide) rings is 1. The molecule has 6 heteroatoms. The number of fused-ring (bicyclic) bond motifs is 1. The van der Waals surface area contributed by atoms with Crippen LogP contribution in [0.4, 0.5) is 0 Å². The van der Waals surface area contributed by atoms with Crippen molar-refractivity contribution in [1.29, 1.82) is 0 Å². The maximum atomic E-state index is 11.5. The summed E-state index contributed by atoms with van der Waals surface area (Å²) in [5.74, 6) is -1.31. The van der Waals surface area contributed by atoms with Crippen molar-refractivity contribution < 1.29 is 14.7 Å². The van der Waals surface area contributed by atoms with Crippen molar-refractivity contribution >= 4 is 23.6 Å². The zero-order chi connectivity index (χ0) is 11.9. The van der Waals surface area contributed by atoms with Crippen molar-refractivity contribution in [3.63, 3.8) is 0 Å². The van der Waals surface area contributed by atoms with Gasteiger partial charge in [-0.3, -0.25) is 4.79 Å². The van der Waals surface area contributed by atoms with Crippen LogP contribution < -0.4 is 5.73 Å². The fourth-order valence-electron chi connectivity index (χ4n) is 1.89. The second-order valence-electron chi connectivity index (χ2n) is 3.66. The summed E-state index contributed by atoms with van der Waals surface area (Å²) >= 11 is 1.40. The fraction of sp³-hybridized carbons (Fsp3) is 0.400. The van der Waals surface area contributed by atoms with Gasteiger partial charge in [0.15, 0.2) is 6.04 Å². The summed E-state index contributed by atoms with van der Waals surface area (Å²) in [4.78, 5) is 24.0. The predicted octanol–water partition coefficient (Wildman–Crippen LogP) is 0.142. The third-order valence-electron chi connectivity index (χ3n) is 2.65. The molecule has 0 bridgehead atoms. The highest BCUT2D eigenvalue weighted by Crippen LogP contribution is 2.39. The number of hydrogen-bond donors (Lipinski definition) is 2. The van der Waals surface area contributed by atoms with E-state index in [-0.39, 0.29) is 11.3 Å². The summed E-state index contributed by atoms with van der Waals surface area (Å²) in [5, 5.41) is 10.7. The second-order valence-corrected chi connectivity index (χ2v) is 4.65. The van der Waals surface area contributed by atoms with Crippen LogP contribution in [-0.4, -0.2) is 39.3 Å². The Labute approximate surface area is 97.0 Å². The Hall–Kier alpha value is -1.27. The van der Waals surface area contributed by atoms with E-state index in [0.717, 1.165) is 0 Å². The van der Waals surface area contributed by atoms with Gasteiger partial charge in [0.05, 0.1) is 0 Å². The Bertz CT molecular complexity index is 405. The molecule has 16 heavy (non-hydrogen) atoms. The molecule has 0 saturated carbocycles. The van der Waals surface area contributed by atoms with Crippen molar-refractivity contribution in [2.45, 2.75) is 24.4 Å². The van der Waals surface area contributed by atoms with E-state index in [9.17, 15) is 9.59 Å². The number of carboxylic acids is 1. The van der Waals surface area contributed by atoms with Crippen molar-refractivity contribution in [2.24, 2.45) is 5.73 Å². The molecule has 2 aliphatic rings. The van der Waals surface area contributed by atoms with Crippen LogP contribution in [0.5, 0.6) is 0 Å². The average Bonchev–Trinajstić information content (AvgIpc) is 2.27. The first-order chi connectivity index (χ1) is 7.57. The van der Waals surface area contributed by atoms with Crippen LogP contribution in [0.3, 0.4) is 0 Å². The highest BCUT2D eigenvalue weighted by atomic mass is 32.2. The van der Waals surface area contributed by atoms with Crippen LogP contribution in [0.1, 0.15) is 6.92 Å². The minimum absolute atomic E-state index is 0.234. The minimum atomic E-state index is -1.02. The molecule has 1 unspecified atom stereocenters. The smallest absolute Gasteiger partial charge is 0.331 e. The first-order valence-corrected chi connectivity index (χ1v) is 5.81. The summed E-state index contributed by atoms with van der Waals surface area (Å²) < 4.78 is 0. The summed E-state index contributed by atoms with van der Waals surface area (Å²) in [6.07, 6.45) is 3.46. The van der Waals surface area contributed by atoms with Crippen LogP contribution in [0.15, 0.2) is 23.1 Å². The second kappa shape index (κ2) is 3.95. The zero-order valence-electron chi connectivity index (χ0n) is 8.66. The van der Waals surface area contributed by atoms with E-state index >= 15 is 0 Å². The number of amides is 1. The molecule has 2 heterocycles. The van der Waals surface area contributed by atoms with Crippen LogP contribution in [0.2, 0.25) is 0 Å². The van der Waals surface area contributed by atoms with Crippen LogP contribution >= 0.6 is 11.8 Å². The summed E-state index contributed by atoms with van der Waals surface area (Å²) in [5.41, 5.74) is 6.23. The van der Waals surface area contributed by atoms with Crippen LogP contribution in [0, 0.1) is 0 Å². The lowest BCUT2D eigenvalue weighted by molar-refractivity contribution is -0.157. The largest absolute Gasteiger partial charge is 0.479 e. The molecule has 0 aromatic heterocycles. The molecular formula is C10H12N2O3S. The van der Waals surface area contributed by atoms with Gasteiger partial charge in [0.1, 0.15) is 11.4 Å². The molecule has 0 aromatic rings. The van der Waals surface area contributed by atoms with E-state index < -0.39 is 18.1 Å². The number of aliphatic carboxylic acids is 1. The van der Waals surface area contributed by atoms with Gasteiger partial charge in [0, 0.05) is 0 Å². The highest BCUT2D eigenvalue weighted by Gasteiger charge is 2.53. The van der Waals surface area contributed by atoms with Gasteiger partial charge in [-0.15, -0.1) is 11.8 Å².